The highest BCUT2D eigenvalue weighted by atomic mass is 16.5. The van der Waals surface area contributed by atoms with Gasteiger partial charge in [0.05, 0.1) is 12.7 Å². The largest absolute Gasteiger partial charge is 0.378 e. The van der Waals surface area contributed by atoms with Gasteiger partial charge in [-0.05, 0) is 12.3 Å². The highest BCUT2D eigenvalue weighted by Gasteiger charge is 2.49. The molecule has 20 heavy (non-hydrogen) atoms. The van der Waals surface area contributed by atoms with Gasteiger partial charge in [0.15, 0.2) is 0 Å². The summed E-state index contributed by atoms with van der Waals surface area (Å²) in [5.41, 5.74) is 0.0727. The van der Waals surface area contributed by atoms with Crippen LogP contribution in [0.5, 0.6) is 0 Å². The molecule has 2 aliphatic rings. The molecule has 0 aromatic rings. The molecule has 2 fully saturated rings. The molecule has 2 rings (SSSR count). The molecular formula is C16H31NO3. The Labute approximate surface area is 123 Å². The van der Waals surface area contributed by atoms with Gasteiger partial charge in [0, 0.05) is 44.7 Å². The van der Waals surface area contributed by atoms with Gasteiger partial charge >= 0.3 is 0 Å². The number of ether oxygens (including phenoxy) is 3. The van der Waals surface area contributed by atoms with E-state index in [1.807, 2.05) is 0 Å². The average molecular weight is 285 g/mol. The van der Waals surface area contributed by atoms with Gasteiger partial charge in [-0.1, -0.05) is 27.7 Å². The Kier molecular flexibility index (Phi) is 5.11. The molecule has 1 saturated carbocycles. The summed E-state index contributed by atoms with van der Waals surface area (Å²) in [6.07, 6.45) is 2.46. The van der Waals surface area contributed by atoms with E-state index in [0.29, 0.717) is 24.7 Å². The van der Waals surface area contributed by atoms with E-state index in [9.17, 15) is 0 Å². The molecular weight excluding hydrogens is 254 g/mol. The van der Waals surface area contributed by atoms with Crippen molar-refractivity contribution in [1.29, 1.82) is 0 Å². The first-order chi connectivity index (χ1) is 9.39. The van der Waals surface area contributed by atoms with Gasteiger partial charge in [-0.15, -0.1) is 0 Å². The Balaban J connectivity index is 1.78. The van der Waals surface area contributed by atoms with Gasteiger partial charge in [-0.3, -0.25) is 0 Å². The van der Waals surface area contributed by atoms with E-state index in [4.69, 9.17) is 14.2 Å². The Morgan fingerprint density at radius 2 is 2.10 bits per heavy atom. The number of nitrogens with one attached hydrogen (secondary N) is 1. The summed E-state index contributed by atoms with van der Waals surface area (Å²) in [4.78, 5) is 0. The zero-order chi connectivity index (χ0) is 14.8. The molecule has 3 atom stereocenters. The molecule has 1 aliphatic carbocycles. The lowest BCUT2D eigenvalue weighted by Gasteiger charge is -2.52. The molecule has 0 amide bonds. The second kappa shape index (κ2) is 6.30. The first-order valence-corrected chi connectivity index (χ1v) is 7.87. The van der Waals surface area contributed by atoms with Crippen LogP contribution in [0.15, 0.2) is 0 Å². The van der Waals surface area contributed by atoms with Crippen molar-refractivity contribution in [2.45, 2.75) is 58.3 Å². The van der Waals surface area contributed by atoms with Crippen molar-refractivity contribution in [3.8, 4) is 0 Å². The first-order valence-electron chi connectivity index (χ1n) is 7.87. The molecule has 1 heterocycles. The summed E-state index contributed by atoms with van der Waals surface area (Å²) >= 11 is 0. The lowest BCUT2D eigenvalue weighted by atomic mass is 9.64. The van der Waals surface area contributed by atoms with Crippen molar-refractivity contribution in [2.24, 2.45) is 11.3 Å². The van der Waals surface area contributed by atoms with Crippen LogP contribution in [-0.4, -0.2) is 51.2 Å². The van der Waals surface area contributed by atoms with E-state index in [2.05, 4.69) is 33.0 Å². The van der Waals surface area contributed by atoms with Gasteiger partial charge in [0.25, 0.3) is 0 Å². The molecule has 0 aromatic carbocycles. The van der Waals surface area contributed by atoms with Crippen molar-refractivity contribution < 1.29 is 14.2 Å². The minimum Gasteiger partial charge on any atom is -0.378 e. The minimum absolute atomic E-state index is 0.125. The third-order valence-corrected chi connectivity index (χ3v) is 4.98. The van der Waals surface area contributed by atoms with Gasteiger partial charge in [0.1, 0.15) is 5.60 Å². The van der Waals surface area contributed by atoms with Crippen LogP contribution in [0.1, 0.15) is 40.5 Å². The van der Waals surface area contributed by atoms with Gasteiger partial charge in [-0.25, -0.2) is 0 Å². The second-order valence-corrected chi connectivity index (χ2v) is 7.40. The molecule has 118 valence electrons. The topological polar surface area (TPSA) is 39.7 Å². The predicted octanol–water partition coefficient (Wildman–Crippen LogP) is 2.22. The molecule has 4 heteroatoms. The zero-order valence-corrected chi connectivity index (χ0v) is 13.7. The van der Waals surface area contributed by atoms with E-state index in [0.717, 1.165) is 32.6 Å². The van der Waals surface area contributed by atoms with Crippen LogP contribution in [0.3, 0.4) is 0 Å². The Bertz CT molecular complexity index is 311. The lowest BCUT2D eigenvalue weighted by Crippen LogP contribution is -2.63. The normalized spacial score (nSPS) is 36.3. The SMILES string of the molecule is COC1(CNC2CC(OCC(C)C)C2(C)C)CCOC1. The smallest absolute Gasteiger partial charge is 0.106 e. The molecule has 1 aliphatic heterocycles. The summed E-state index contributed by atoms with van der Waals surface area (Å²) in [6, 6.07) is 0.507. The summed E-state index contributed by atoms with van der Waals surface area (Å²) in [6.45, 7) is 12.2. The van der Waals surface area contributed by atoms with Gasteiger partial charge in [0.2, 0.25) is 0 Å². The second-order valence-electron chi connectivity index (χ2n) is 7.40. The van der Waals surface area contributed by atoms with Gasteiger partial charge in [-0.2, -0.15) is 0 Å². The standard InChI is InChI=1S/C16H31NO3/c1-12(2)9-20-14-8-13(15(14,3)4)17-10-16(18-5)6-7-19-11-16/h12-14,17H,6-11H2,1-5H3. The van der Waals surface area contributed by atoms with E-state index in [1.165, 1.54) is 0 Å². The predicted molar refractivity (Wildman–Crippen MR) is 79.9 cm³/mol. The molecule has 4 nitrogen and oxygen atoms in total. The molecule has 0 bridgehead atoms. The van der Waals surface area contributed by atoms with Crippen LogP contribution in [-0.2, 0) is 14.2 Å². The number of methoxy groups -OCH3 is 1. The van der Waals surface area contributed by atoms with Crippen molar-refractivity contribution >= 4 is 0 Å². The first kappa shape index (κ1) is 16.2. The van der Waals surface area contributed by atoms with Crippen molar-refractivity contribution in [2.75, 3.05) is 33.5 Å². The van der Waals surface area contributed by atoms with Crippen molar-refractivity contribution in [3.05, 3.63) is 0 Å². The quantitative estimate of drug-likeness (QED) is 0.778. The molecule has 1 saturated heterocycles. The summed E-state index contributed by atoms with van der Waals surface area (Å²) in [5.74, 6) is 0.602. The molecule has 3 unspecified atom stereocenters. The maximum Gasteiger partial charge on any atom is 0.106 e. The van der Waals surface area contributed by atoms with E-state index >= 15 is 0 Å². The number of rotatable bonds is 7. The Hall–Kier alpha value is -0.160. The third-order valence-electron chi connectivity index (χ3n) is 4.98. The molecule has 1 N–H and O–H groups in total. The Morgan fingerprint density at radius 3 is 2.60 bits per heavy atom. The highest BCUT2D eigenvalue weighted by molar-refractivity contribution is 5.04. The number of hydrogen-bond donors (Lipinski definition) is 1. The summed E-state index contributed by atoms with van der Waals surface area (Å²) in [5, 5.41) is 3.68. The van der Waals surface area contributed by atoms with E-state index in [1.54, 1.807) is 7.11 Å². The summed E-state index contributed by atoms with van der Waals surface area (Å²) in [7, 11) is 1.79. The minimum atomic E-state index is -0.125. The summed E-state index contributed by atoms with van der Waals surface area (Å²) < 4.78 is 17.2. The maximum absolute atomic E-state index is 6.01. The lowest BCUT2D eigenvalue weighted by molar-refractivity contribution is -0.128. The maximum atomic E-state index is 6.01. The fourth-order valence-electron chi connectivity index (χ4n) is 3.09. The fourth-order valence-corrected chi connectivity index (χ4v) is 3.09. The zero-order valence-electron chi connectivity index (χ0n) is 13.7. The van der Waals surface area contributed by atoms with E-state index in [-0.39, 0.29) is 11.0 Å². The number of hydrogen-bond acceptors (Lipinski definition) is 4. The monoisotopic (exact) mass is 285 g/mol. The highest BCUT2D eigenvalue weighted by Crippen LogP contribution is 2.43. The van der Waals surface area contributed by atoms with Crippen LogP contribution < -0.4 is 5.32 Å². The van der Waals surface area contributed by atoms with Crippen molar-refractivity contribution in [1.82, 2.24) is 5.32 Å². The molecule has 0 spiro atoms. The van der Waals surface area contributed by atoms with Crippen LogP contribution in [0.4, 0.5) is 0 Å². The third kappa shape index (κ3) is 3.35. The van der Waals surface area contributed by atoms with Crippen molar-refractivity contribution in [3.63, 3.8) is 0 Å². The van der Waals surface area contributed by atoms with Crippen LogP contribution in [0.25, 0.3) is 0 Å². The van der Waals surface area contributed by atoms with Crippen LogP contribution in [0.2, 0.25) is 0 Å². The molecule has 0 radical (unpaired) electrons. The van der Waals surface area contributed by atoms with Gasteiger partial charge < -0.3 is 19.5 Å². The van der Waals surface area contributed by atoms with Crippen LogP contribution in [0, 0.1) is 11.3 Å². The fraction of sp³-hybridized carbons (Fsp3) is 1.00. The average Bonchev–Trinajstić information content (AvgIpc) is 2.86. The van der Waals surface area contributed by atoms with E-state index < -0.39 is 0 Å². The Morgan fingerprint density at radius 1 is 1.35 bits per heavy atom. The molecule has 0 aromatic heterocycles. The van der Waals surface area contributed by atoms with Crippen LogP contribution >= 0.6 is 0 Å².